The average Bonchev–Trinajstić information content (AvgIpc) is 3.36. The van der Waals surface area contributed by atoms with E-state index in [9.17, 15) is 9.59 Å². The normalized spacial score (nSPS) is 15.5. The van der Waals surface area contributed by atoms with E-state index in [1.807, 2.05) is 18.2 Å². The van der Waals surface area contributed by atoms with Crippen LogP contribution in [-0.2, 0) is 9.53 Å². The topological polar surface area (TPSA) is 118 Å². The largest absolute Gasteiger partial charge is 0.486 e. The molecule has 2 aliphatic heterocycles. The maximum absolute atomic E-state index is 12.9. The van der Waals surface area contributed by atoms with E-state index in [2.05, 4.69) is 25.7 Å². The van der Waals surface area contributed by atoms with Crippen LogP contribution in [-0.4, -0.2) is 73.0 Å². The van der Waals surface area contributed by atoms with Crippen molar-refractivity contribution in [3.05, 3.63) is 54.2 Å². The molecule has 0 saturated carbocycles. The van der Waals surface area contributed by atoms with Gasteiger partial charge >= 0.3 is 0 Å². The molecule has 3 aromatic rings. The van der Waals surface area contributed by atoms with Gasteiger partial charge in [-0.2, -0.15) is 5.10 Å². The van der Waals surface area contributed by atoms with Gasteiger partial charge in [0.2, 0.25) is 5.91 Å². The van der Waals surface area contributed by atoms with Crippen LogP contribution in [0.3, 0.4) is 0 Å². The molecule has 0 unspecified atom stereocenters. The summed E-state index contributed by atoms with van der Waals surface area (Å²) in [5.74, 6) is 0.928. The second-order valence-corrected chi connectivity index (χ2v) is 7.99. The molecule has 0 bridgehead atoms. The Morgan fingerprint density at radius 2 is 1.62 bits per heavy atom. The lowest BCUT2D eigenvalue weighted by atomic mass is 10.1. The first-order valence-electron chi connectivity index (χ1n) is 11.1. The molecule has 3 heterocycles. The molecule has 0 atom stereocenters. The smallest absolute Gasteiger partial charge is 0.259 e. The second kappa shape index (κ2) is 9.94. The first-order valence-corrected chi connectivity index (χ1v) is 11.1. The van der Waals surface area contributed by atoms with Crippen molar-refractivity contribution in [2.75, 3.05) is 56.7 Å². The Kier molecular flexibility index (Phi) is 6.41. The van der Waals surface area contributed by atoms with Crippen molar-refractivity contribution in [3.63, 3.8) is 0 Å². The second-order valence-electron chi connectivity index (χ2n) is 7.99. The Labute approximate surface area is 196 Å². The predicted molar refractivity (Wildman–Crippen MR) is 125 cm³/mol. The molecule has 0 aliphatic carbocycles. The summed E-state index contributed by atoms with van der Waals surface area (Å²) in [5, 5.41) is 12.7. The number of anilines is 2. The number of H-pyrrole nitrogens is 1. The monoisotopic (exact) mass is 463 g/mol. The minimum absolute atomic E-state index is 0.0823. The number of nitrogens with zero attached hydrogens (tertiary/aromatic N) is 2. The molecule has 34 heavy (non-hydrogen) atoms. The zero-order valence-electron chi connectivity index (χ0n) is 18.5. The summed E-state index contributed by atoms with van der Waals surface area (Å²) in [7, 11) is 0. The lowest BCUT2D eigenvalue weighted by molar-refractivity contribution is -0.118. The van der Waals surface area contributed by atoms with Crippen LogP contribution in [0.4, 0.5) is 11.4 Å². The van der Waals surface area contributed by atoms with Crippen LogP contribution in [0.1, 0.15) is 10.4 Å². The van der Waals surface area contributed by atoms with Gasteiger partial charge in [0.15, 0.2) is 11.5 Å². The number of aromatic nitrogens is 2. The molecule has 1 saturated heterocycles. The van der Waals surface area contributed by atoms with Gasteiger partial charge in [-0.1, -0.05) is 0 Å². The molecule has 176 valence electrons. The Hall–Kier alpha value is -3.89. The number of carbonyl (C=O) groups is 2. The van der Waals surface area contributed by atoms with Gasteiger partial charge in [0.25, 0.3) is 5.91 Å². The Balaban J connectivity index is 1.21. The van der Waals surface area contributed by atoms with Crippen molar-refractivity contribution in [3.8, 4) is 22.8 Å². The van der Waals surface area contributed by atoms with Gasteiger partial charge in [-0.05, 0) is 42.5 Å². The van der Waals surface area contributed by atoms with Crippen LogP contribution in [0.25, 0.3) is 11.3 Å². The summed E-state index contributed by atoms with van der Waals surface area (Å²) < 4.78 is 16.5. The van der Waals surface area contributed by atoms with Crippen LogP contribution >= 0.6 is 0 Å². The van der Waals surface area contributed by atoms with E-state index >= 15 is 0 Å². The number of morpholine rings is 1. The third kappa shape index (κ3) is 5.03. The van der Waals surface area contributed by atoms with Crippen molar-refractivity contribution in [1.82, 2.24) is 15.1 Å². The van der Waals surface area contributed by atoms with E-state index in [1.54, 1.807) is 24.3 Å². The third-order valence-electron chi connectivity index (χ3n) is 5.61. The number of carbonyl (C=O) groups excluding carboxylic acids is 2. The molecule has 0 radical (unpaired) electrons. The maximum Gasteiger partial charge on any atom is 0.259 e. The molecule has 2 aromatic carbocycles. The van der Waals surface area contributed by atoms with Crippen molar-refractivity contribution in [2.24, 2.45) is 0 Å². The van der Waals surface area contributed by atoms with Crippen LogP contribution in [0, 0.1) is 0 Å². The number of benzene rings is 2. The highest BCUT2D eigenvalue weighted by Crippen LogP contribution is 2.35. The average molecular weight is 463 g/mol. The van der Waals surface area contributed by atoms with E-state index in [-0.39, 0.29) is 11.8 Å². The van der Waals surface area contributed by atoms with Gasteiger partial charge in [-0.15, -0.1) is 0 Å². The van der Waals surface area contributed by atoms with Crippen LogP contribution in [0.2, 0.25) is 0 Å². The molecule has 1 aromatic heterocycles. The van der Waals surface area contributed by atoms with E-state index in [1.165, 1.54) is 6.20 Å². The highest BCUT2D eigenvalue weighted by Gasteiger charge is 2.19. The number of ether oxygens (including phenoxy) is 3. The first-order chi connectivity index (χ1) is 16.7. The Bertz CT molecular complexity index is 1170. The van der Waals surface area contributed by atoms with E-state index < -0.39 is 0 Å². The highest BCUT2D eigenvalue weighted by atomic mass is 16.6. The fraction of sp³-hybridized carbons (Fsp3) is 0.292. The van der Waals surface area contributed by atoms with Crippen molar-refractivity contribution in [1.29, 1.82) is 0 Å². The summed E-state index contributed by atoms with van der Waals surface area (Å²) in [6.07, 6.45) is 1.49. The van der Waals surface area contributed by atoms with E-state index in [0.717, 1.165) is 18.7 Å². The number of hydrogen-bond acceptors (Lipinski definition) is 7. The van der Waals surface area contributed by atoms with Gasteiger partial charge in [-0.25, -0.2) is 0 Å². The van der Waals surface area contributed by atoms with Gasteiger partial charge in [0.05, 0.1) is 37.2 Å². The molecule has 1 fully saturated rings. The number of hydrogen-bond donors (Lipinski definition) is 3. The quantitative estimate of drug-likeness (QED) is 0.514. The van der Waals surface area contributed by atoms with Crippen LogP contribution in [0.5, 0.6) is 11.5 Å². The molecular weight excluding hydrogens is 438 g/mol. The number of nitrogens with one attached hydrogen (secondary N) is 3. The Morgan fingerprint density at radius 1 is 0.912 bits per heavy atom. The summed E-state index contributed by atoms with van der Waals surface area (Å²) in [6.45, 7) is 4.12. The molecule has 10 nitrogen and oxygen atoms in total. The lowest BCUT2D eigenvalue weighted by Gasteiger charge is -2.25. The van der Waals surface area contributed by atoms with Crippen molar-refractivity contribution < 1.29 is 23.8 Å². The molecular formula is C24H25N5O5. The molecule has 0 spiro atoms. The minimum atomic E-state index is -0.303. The van der Waals surface area contributed by atoms with E-state index in [4.69, 9.17) is 14.2 Å². The third-order valence-corrected chi connectivity index (χ3v) is 5.61. The van der Waals surface area contributed by atoms with Crippen molar-refractivity contribution >= 4 is 23.2 Å². The fourth-order valence-corrected chi connectivity index (χ4v) is 3.88. The van der Waals surface area contributed by atoms with Gasteiger partial charge in [0, 0.05) is 30.0 Å². The zero-order chi connectivity index (χ0) is 23.3. The first kappa shape index (κ1) is 21.9. The summed E-state index contributed by atoms with van der Waals surface area (Å²) in [5.41, 5.74) is 3.02. The molecule has 5 rings (SSSR count). The molecule has 3 N–H and O–H groups in total. The molecule has 2 aliphatic rings. The maximum atomic E-state index is 12.9. The SMILES string of the molecule is O=C(CN1CCOCC1)Nc1ccc(NC(=O)c2cn[nH]c2-c2ccc3c(c2)OCCO3)cc1. The van der Waals surface area contributed by atoms with Gasteiger partial charge in [0.1, 0.15) is 13.2 Å². The summed E-state index contributed by atoms with van der Waals surface area (Å²) in [4.78, 5) is 27.3. The molecule has 10 heteroatoms. The zero-order valence-corrected chi connectivity index (χ0v) is 18.5. The minimum Gasteiger partial charge on any atom is -0.486 e. The number of rotatable bonds is 6. The highest BCUT2D eigenvalue weighted by molar-refractivity contribution is 6.08. The predicted octanol–water partition coefficient (Wildman–Crippen LogP) is 2.37. The standard InChI is InChI=1S/C24H25N5O5/c30-22(15-29-7-9-32-10-8-29)26-17-2-4-18(5-3-17)27-24(31)19-14-25-28-23(19)16-1-6-20-21(13-16)34-12-11-33-20/h1-6,13-14H,7-12,15H2,(H,25,28)(H,26,30)(H,27,31). The van der Waals surface area contributed by atoms with Crippen LogP contribution < -0.4 is 20.1 Å². The number of fused-ring (bicyclic) bond motifs is 1. The van der Waals surface area contributed by atoms with Crippen LogP contribution in [0.15, 0.2) is 48.7 Å². The number of amides is 2. The number of aromatic amines is 1. The van der Waals surface area contributed by atoms with Gasteiger partial charge in [-0.3, -0.25) is 19.6 Å². The van der Waals surface area contributed by atoms with E-state index in [0.29, 0.717) is 67.1 Å². The van der Waals surface area contributed by atoms with Gasteiger partial charge < -0.3 is 24.8 Å². The summed E-state index contributed by atoms with van der Waals surface area (Å²) >= 11 is 0. The van der Waals surface area contributed by atoms with Crippen molar-refractivity contribution in [2.45, 2.75) is 0 Å². The summed E-state index contributed by atoms with van der Waals surface area (Å²) in [6, 6.07) is 12.5. The molecule has 2 amide bonds. The Morgan fingerprint density at radius 3 is 2.38 bits per heavy atom. The lowest BCUT2D eigenvalue weighted by Crippen LogP contribution is -2.41. The fourth-order valence-electron chi connectivity index (χ4n) is 3.88.